The summed E-state index contributed by atoms with van der Waals surface area (Å²) in [4.78, 5) is 16.7. The third kappa shape index (κ3) is 3.87. The fourth-order valence-electron chi connectivity index (χ4n) is 2.88. The second-order valence-corrected chi connectivity index (χ2v) is 7.20. The predicted octanol–water partition coefficient (Wildman–Crippen LogP) is 4.52. The Bertz CT molecular complexity index is 1080. The van der Waals surface area contributed by atoms with Gasteiger partial charge in [0.05, 0.1) is 5.75 Å². The van der Waals surface area contributed by atoms with Crippen molar-refractivity contribution < 1.29 is 4.79 Å². The van der Waals surface area contributed by atoms with Gasteiger partial charge >= 0.3 is 0 Å². The lowest BCUT2D eigenvalue weighted by molar-refractivity contribution is 0.102. The van der Waals surface area contributed by atoms with E-state index in [0.717, 1.165) is 22.5 Å². The number of ketones is 1. The van der Waals surface area contributed by atoms with Crippen molar-refractivity contribution in [1.29, 1.82) is 0 Å². The third-order valence-electron chi connectivity index (χ3n) is 4.40. The Morgan fingerprint density at radius 3 is 2.32 bits per heavy atom. The smallest absolute Gasteiger partial charge is 0.191 e. The first-order valence-corrected chi connectivity index (χ1v) is 9.82. The number of carbonyl (C=O) groups is 1. The maximum absolute atomic E-state index is 12.6. The van der Waals surface area contributed by atoms with Crippen molar-refractivity contribution in [2.24, 2.45) is 7.05 Å². The zero-order valence-electron chi connectivity index (χ0n) is 15.3. The lowest BCUT2D eigenvalue weighted by Crippen LogP contribution is -2.04. The Morgan fingerprint density at radius 1 is 0.893 bits per heavy atom. The molecule has 4 aromatic rings. The van der Waals surface area contributed by atoms with Crippen LogP contribution in [0.15, 0.2) is 84.3 Å². The van der Waals surface area contributed by atoms with Gasteiger partial charge in [0.1, 0.15) is 0 Å². The van der Waals surface area contributed by atoms with Gasteiger partial charge in [-0.25, -0.2) is 0 Å². The summed E-state index contributed by atoms with van der Waals surface area (Å²) in [5, 5.41) is 9.13. The Hall–Kier alpha value is -3.25. The number of rotatable bonds is 6. The molecule has 0 unspecified atom stereocenters. The van der Waals surface area contributed by atoms with E-state index in [-0.39, 0.29) is 5.78 Å². The van der Waals surface area contributed by atoms with E-state index in [1.807, 2.05) is 66.2 Å². The number of pyridine rings is 1. The molecule has 0 spiro atoms. The summed E-state index contributed by atoms with van der Waals surface area (Å²) in [6.07, 6.45) is 3.47. The Labute approximate surface area is 167 Å². The van der Waals surface area contributed by atoms with Gasteiger partial charge in [0.25, 0.3) is 0 Å². The van der Waals surface area contributed by atoms with Crippen LogP contribution in [-0.4, -0.2) is 31.3 Å². The molecule has 28 heavy (non-hydrogen) atoms. The van der Waals surface area contributed by atoms with Crippen LogP contribution in [0, 0.1) is 0 Å². The number of thioether (sulfide) groups is 1. The van der Waals surface area contributed by atoms with Crippen LogP contribution in [0.4, 0.5) is 0 Å². The van der Waals surface area contributed by atoms with E-state index in [1.165, 1.54) is 11.8 Å². The fraction of sp³-hybridized carbons (Fsp3) is 0.0909. The van der Waals surface area contributed by atoms with Gasteiger partial charge in [0, 0.05) is 30.6 Å². The predicted molar refractivity (Wildman–Crippen MR) is 111 cm³/mol. The van der Waals surface area contributed by atoms with Crippen LogP contribution in [0.25, 0.3) is 22.5 Å². The molecule has 0 N–H and O–H groups in total. The molecule has 0 aliphatic carbocycles. The van der Waals surface area contributed by atoms with Crippen LogP contribution in [0.2, 0.25) is 0 Å². The summed E-state index contributed by atoms with van der Waals surface area (Å²) in [7, 11) is 1.89. The van der Waals surface area contributed by atoms with Crippen molar-refractivity contribution in [3.63, 3.8) is 0 Å². The van der Waals surface area contributed by atoms with E-state index in [9.17, 15) is 4.79 Å². The molecule has 0 saturated carbocycles. The van der Waals surface area contributed by atoms with Gasteiger partial charge in [0.15, 0.2) is 16.8 Å². The van der Waals surface area contributed by atoms with Gasteiger partial charge < -0.3 is 4.57 Å². The SMILES string of the molecule is Cn1c(SCC(=O)c2ccc(-c3ccccc3)cc2)nnc1-c1cccnc1. The zero-order chi connectivity index (χ0) is 19.3. The van der Waals surface area contributed by atoms with Crippen LogP contribution in [-0.2, 0) is 7.05 Å². The van der Waals surface area contributed by atoms with Gasteiger partial charge in [-0.15, -0.1) is 10.2 Å². The van der Waals surface area contributed by atoms with Crippen LogP contribution < -0.4 is 0 Å². The van der Waals surface area contributed by atoms with Crippen molar-refractivity contribution in [1.82, 2.24) is 19.7 Å². The molecule has 138 valence electrons. The highest BCUT2D eigenvalue weighted by atomic mass is 32.2. The molecule has 0 fully saturated rings. The average molecular weight is 386 g/mol. The molecule has 6 heteroatoms. The van der Waals surface area contributed by atoms with E-state index >= 15 is 0 Å². The maximum Gasteiger partial charge on any atom is 0.191 e. The Kier molecular flexibility index (Phi) is 5.30. The Morgan fingerprint density at radius 2 is 1.61 bits per heavy atom. The highest BCUT2D eigenvalue weighted by Gasteiger charge is 2.14. The summed E-state index contributed by atoms with van der Waals surface area (Å²) in [5.74, 6) is 1.11. The normalized spacial score (nSPS) is 10.8. The largest absolute Gasteiger partial charge is 0.305 e. The maximum atomic E-state index is 12.6. The first-order valence-electron chi connectivity index (χ1n) is 8.83. The number of hydrogen-bond acceptors (Lipinski definition) is 5. The molecular formula is C22H18N4OS. The minimum Gasteiger partial charge on any atom is -0.305 e. The molecule has 2 heterocycles. The first kappa shape index (κ1) is 18.1. The summed E-state index contributed by atoms with van der Waals surface area (Å²) < 4.78 is 1.88. The number of carbonyl (C=O) groups excluding carboxylic acids is 1. The summed E-state index contributed by atoms with van der Waals surface area (Å²) in [6, 6.07) is 21.6. The topological polar surface area (TPSA) is 60.7 Å². The molecule has 0 saturated heterocycles. The molecule has 0 amide bonds. The molecule has 2 aromatic carbocycles. The summed E-state index contributed by atoms with van der Waals surface area (Å²) >= 11 is 1.39. The molecule has 0 aliphatic rings. The number of nitrogens with zero attached hydrogens (tertiary/aromatic N) is 4. The minimum atomic E-state index is 0.0653. The molecule has 4 rings (SSSR count). The van der Waals surface area contributed by atoms with E-state index < -0.39 is 0 Å². The molecule has 0 atom stereocenters. The lowest BCUT2D eigenvalue weighted by atomic mass is 10.0. The van der Waals surface area contributed by atoms with Gasteiger partial charge in [0.2, 0.25) is 0 Å². The van der Waals surface area contributed by atoms with Crippen LogP contribution in [0.1, 0.15) is 10.4 Å². The lowest BCUT2D eigenvalue weighted by Gasteiger charge is -2.05. The highest BCUT2D eigenvalue weighted by molar-refractivity contribution is 7.99. The van der Waals surface area contributed by atoms with E-state index in [0.29, 0.717) is 16.5 Å². The highest BCUT2D eigenvalue weighted by Crippen LogP contribution is 2.24. The molecule has 5 nitrogen and oxygen atoms in total. The Balaban J connectivity index is 1.43. The van der Waals surface area contributed by atoms with Gasteiger partial charge in [-0.1, -0.05) is 66.4 Å². The van der Waals surface area contributed by atoms with Crippen LogP contribution >= 0.6 is 11.8 Å². The monoisotopic (exact) mass is 386 g/mol. The number of benzene rings is 2. The van der Waals surface area contributed by atoms with E-state index in [4.69, 9.17) is 0 Å². The minimum absolute atomic E-state index is 0.0653. The van der Waals surface area contributed by atoms with Gasteiger partial charge in [-0.3, -0.25) is 9.78 Å². The van der Waals surface area contributed by atoms with Crippen LogP contribution in [0.3, 0.4) is 0 Å². The molecule has 0 radical (unpaired) electrons. The quantitative estimate of drug-likeness (QED) is 0.360. The van der Waals surface area contributed by atoms with Gasteiger partial charge in [-0.2, -0.15) is 0 Å². The van der Waals surface area contributed by atoms with Crippen molar-refractivity contribution in [3.8, 4) is 22.5 Å². The standard InChI is InChI=1S/C22H18N4OS/c1-26-21(19-8-5-13-23-14-19)24-25-22(26)28-15-20(27)18-11-9-17(10-12-18)16-6-3-2-4-7-16/h2-14H,15H2,1H3. The number of Topliss-reactive ketones (excluding diaryl/α,β-unsaturated/α-hetero) is 1. The fourth-order valence-corrected chi connectivity index (χ4v) is 3.69. The molecular weight excluding hydrogens is 368 g/mol. The van der Waals surface area contributed by atoms with Crippen molar-refractivity contribution in [3.05, 3.63) is 84.7 Å². The second-order valence-electron chi connectivity index (χ2n) is 6.26. The van der Waals surface area contributed by atoms with E-state index in [1.54, 1.807) is 12.4 Å². The third-order valence-corrected chi connectivity index (χ3v) is 5.42. The number of aromatic nitrogens is 4. The number of hydrogen-bond donors (Lipinski definition) is 0. The molecule has 2 aromatic heterocycles. The first-order chi connectivity index (χ1) is 13.7. The van der Waals surface area contributed by atoms with Gasteiger partial charge in [-0.05, 0) is 23.3 Å². The molecule has 0 aliphatic heterocycles. The molecule has 0 bridgehead atoms. The average Bonchev–Trinajstić information content (AvgIpc) is 3.13. The van der Waals surface area contributed by atoms with Crippen molar-refractivity contribution in [2.45, 2.75) is 5.16 Å². The van der Waals surface area contributed by atoms with Crippen molar-refractivity contribution >= 4 is 17.5 Å². The van der Waals surface area contributed by atoms with Crippen LogP contribution in [0.5, 0.6) is 0 Å². The summed E-state index contributed by atoms with van der Waals surface area (Å²) in [6.45, 7) is 0. The second kappa shape index (κ2) is 8.19. The van der Waals surface area contributed by atoms with E-state index in [2.05, 4.69) is 27.3 Å². The summed E-state index contributed by atoms with van der Waals surface area (Å²) in [5.41, 5.74) is 3.83. The van der Waals surface area contributed by atoms with Crippen molar-refractivity contribution in [2.75, 3.05) is 5.75 Å². The zero-order valence-corrected chi connectivity index (χ0v) is 16.1.